The molecule has 2 N–H and O–H groups in total. The van der Waals surface area contributed by atoms with Gasteiger partial charge < -0.3 is 10.4 Å². The molecule has 0 saturated carbocycles. The molecule has 18 heavy (non-hydrogen) atoms. The van der Waals surface area contributed by atoms with E-state index in [4.69, 9.17) is 5.11 Å². The van der Waals surface area contributed by atoms with Crippen LogP contribution < -0.4 is 5.32 Å². The van der Waals surface area contributed by atoms with Gasteiger partial charge in [-0.3, -0.25) is 0 Å². The lowest BCUT2D eigenvalue weighted by Gasteiger charge is -2.03. The summed E-state index contributed by atoms with van der Waals surface area (Å²) in [5.41, 5.74) is 2.20. The van der Waals surface area contributed by atoms with Gasteiger partial charge in [0.05, 0.1) is 6.61 Å². The van der Waals surface area contributed by atoms with E-state index >= 15 is 0 Å². The molecule has 1 aromatic carbocycles. The number of aryl methyl sites for hydroxylation is 1. The number of rotatable bonds is 6. The third kappa shape index (κ3) is 3.51. The number of aliphatic hydroxyl groups is 1. The molecule has 0 unspecified atom stereocenters. The van der Waals surface area contributed by atoms with Gasteiger partial charge in [0.15, 0.2) is 0 Å². The van der Waals surface area contributed by atoms with Gasteiger partial charge in [0, 0.05) is 24.5 Å². The fourth-order valence-corrected chi connectivity index (χ4v) is 2.27. The number of nitrogens with one attached hydrogen (secondary N) is 1. The first kappa shape index (κ1) is 13.0. The molecule has 5 heteroatoms. The van der Waals surface area contributed by atoms with Crippen LogP contribution in [-0.4, -0.2) is 21.0 Å². The molecule has 0 aliphatic heterocycles. The smallest absolute Gasteiger partial charge is 0.202 e. The van der Waals surface area contributed by atoms with E-state index in [2.05, 4.69) is 21.6 Å². The van der Waals surface area contributed by atoms with Crippen LogP contribution in [0.15, 0.2) is 24.3 Å². The lowest BCUT2D eigenvalue weighted by Crippen LogP contribution is -2.04. The molecular weight excluding hydrogens is 246 g/mol. The monoisotopic (exact) mass is 263 g/mol. The molecule has 0 spiro atoms. The fourth-order valence-electron chi connectivity index (χ4n) is 1.59. The number of aliphatic hydroxyl groups excluding tert-OH is 1. The van der Waals surface area contributed by atoms with Crippen LogP contribution in [0.2, 0.25) is 0 Å². The lowest BCUT2D eigenvalue weighted by molar-refractivity contribution is 0.282. The van der Waals surface area contributed by atoms with Gasteiger partial charge in [-0.05, 0) is 17.5 Å². The van der Waals surface area contributed by atoms with Crippen LogP contribution in [0.4, 0.5) is 5.13 Å². The number of aromatic nitrogens is 2. The summed E-state index contributed by atoms with van der Waals surface area (Å²) in [7, 11) is 0. The van der Waals surface area contributed by atoms with E-state index in [-0.39, 0.29) is 6.61 Å². The van der Waals surface area contributed by atoms with Gasteiger partial charge in [-0.25, -0.2) is 4.98 Å². The van der Waals surface area contributed by atoms with E-state index in [1.165, 1.54) is 17.1 Å². The lowest BCUT2D eigenvalue weighted by atomic mass is 10.1. The topological polar surface area (TPSA) is 58.0 Å². The fraction of sp³-hybridized carbons (Fsp3) is 0.385. The van der Waals surface area contributed by atoms with Crippen LogP contribution in [0.1, 0.15) is 23.9 Å². The predicted molar refractivity (Wildman–Crippen MR) is 73.8 cm³/mol. The second kappa shape index (κ2) is 6.47. The quantitative estimate of drug-likeness (QED) is 0.839. The van der Waals surface area contributed by atoms with Crippen molar-refractivity contribution >= 4 is 16.7 Å². The van der Waals surface area contributed by atoms with Crippen molar-refractivity contribution in [3.8, 4) is 0 Å². The molecule has 2 aromatic rings. The summed E-state index contributed by atoms with van der Waals surface area (Å²) in [6, 6.07) is 8.00. The molecule has 1 aromatic heterocycles. The first-order valence-electron chi connectivity index (χ1n) is 6.07. The van der Waals surface area contributed by atoms with Gasteiger partial charge in [0.1, 0.15) is 5.82 Å². The first-order valence-corrected chi connectivity index (χ1v) is 6.84. The average Bonchev–Trinajstić information content (AvgIpc) is 2.87. The van der Waals surface area contributed by atoms with E-state index in [9.17, 15) is 0 Å². The Morgan fingerprint density at radius 2 is 1.94 bits per heavy atom. The van der Waals surface area contributed by atoms with E-state index in [0.717, 1.165) is 35.9 Å². The number of hydrogen-bond acceptors (Lipinski definition) is 5. The zero-order valence-electron chi connectivity index (χ0n) is 10.4. The van der Waals surface area contributed by atoms with Crippen LogP contribution in [0, 0.1) is 0 Å². The second-order valence-electron chi connectivity index (χ2n) is 4.02. The third-order valence-electron chi connectivity index (χ3n) is 2.68. The predicted octanol–water partition coefficient (Wildman–Crippen LogP) is 2.25. The Morgan fingerprint density at radius 1 is 1.22 bits per heavy atom. The largest absolute Gasteiger partial charge is 0.392 e. The normalized spacial score (nSPS) is 10.6. The molecule has 0 atom stereocenters. The minimum Gasteiger partial charge on any atom is -0.392 e. The number of hydrogen-bond donors (Lipinski definition) is 2. The molecule has 0 aliphatic rings. The zero-order valence-corrected chi connectivity index (χ0v) is 11.2. The SMILES string of the molecule is CCc1nsc(NCCc2ccc(CO)cc2)n1. The van der Waals surface area contributed by atoms with Crippen molar-refractivity contribution in [2.75, 3.05) is 11.9 Å². The highest BCUT2D eigenvalue weighted by Gasteiger charge is 2.01. The summed E-state index contributed by atoms with van der Waals surface area (Å²) in [6.07, 6.45) is 1.81. The third-order valence-corrected chi connectivity index (χ3v) is 3.39. The Kier molecular flexibility index (Phi) is 4.66. The summed E-state index contributed by atoms with van der Waals surface area (Å²) in [4.78, 5) is 4.35. The first-order chi connectivity index (χ1) is 8.81. The van der Waals surface area contributed by atoms with Crippen molar-refractivity contribution in [3.05, 3.63) is 41.2 Å². The number of nitrogens with zero attached hydrogens (tertiary/aromatic N) is 2. The van der Waals surface area contributed by atoms with Gasteiger partial charge in [-0.2, -0.15) is 4.37 Å². The van der Waals surface area contributed by atoms with Crippen molar-refractivity contribution in [1.29, 1.82) is 0 Å². The van der Waals surface area contributed by atoms with Crippen LogP contribution in [0.3, 0.4) is 0 Å². The Balaban J connectivity index is 1.80. The summed E-state index contributed by atoms with van der Waals surface area (Å²) >= 11 is 1.41. The average molecular weight is 263 g/mol. The van der Waals surface area contributed by atoms with Gasteiger partial charge in [-0.15, -0.1) is 0 Å². The number of anilines is 1. The number of benzene rings is 1. The van der Waals surface area contributed by atoms with Crippen LogP contribution in [-0.2, 0) is 19.4 Å². The van der Waals surface area contributed by atoms with Gasteiger partial charge in [0.25, 0.3) is 0 Å². The maximum absolute atomic E-state index is 8.95. The summed E-state index contributed by atoms with van der Waals surface area (Å²) in [5, 5.41) is 13.1. The Labute approximate surface area is 111 Å². The molecule has 0 radical (unpaired) electrons. The molecule has 0 saturated heterocycles. The maximum atomic E-state index is 8.95. The highest BCUT2D eigenvalue weighted by Crippen LogP contribution is 2.11. The Hall–Kier alpha value is -1.46. The van der Waals surface area contributed by atoms with Crippen molar-refractivity contribution < 1.29 is 5.11 Å². The zero-order chi connectivity index (χ0) is 12.8. The van der Waals surface area contributed by atoms with Crippen LogP contribution in [0.5, 0.6) is 0 Å². The highest BCUT2D eigenvalue weighted by molar-refractivity contribution is 7.09. The van der Waals surface area contributed by atoms with Crippen LogP contribution >= 0.6 is 11.5 Å². The van der Waals surface area contributed by atoms with Gasteiger partial charge >= 0.3 is 0 Å². The summed E-state index contributed by atoms with van der Waals surface area (Å²) < 4.78 is 4.22. The van der Waals surface area contributed by atoms with Crippen LogP contribution in [0.25, 0.3) is 0 Å². The van der Waals surface area contributed by atoms with Crippen molar-refractivity contribution in [2.24, 2.45) is 0 Å². The molecular formula is C13H17N3OS. The molecule has 4 nitrogen and oxygen atoms in total. The van der Waals surface area contributed by atoms with E-state index in [0.29, 0.717) is 0 Å². The Bertz CT molecular complexity index is 481. The molecule has 2 rings (SSSR count). The molecule has 0 amide bonds. The molecule has 0 fully saturated rings. The van der Waals surface area contributed by atoms with E-state index < -0.39 is 0 Å². The van der Waals surface area contributed by atoms with E-state index in [1.807, 2.05) is 24.3 Å². The molecule has 96 valence electrons. The maximum Gasteiger partial charge on any atom is 0.202 e. The second-order valence-corrected chi connectivity index (χ2v) is 4.77. The standard InChI is InChI=1S/C13H17N3OS/c1-2-12-15-13(18-16-12)14-8-7-10-3-5-11(9-17)6-4-10/h3-6,17H,2,7-9H2,1H3,(H,14,15,16). The summed E-state index contributed by atoms with van der Waals surface area (Å²) in [6.45, 7) is 2.99. The minimum atomic E-state index is 0.100. The van der Waals surface area contributed by atoms with Crippen molar-refractivity contribution in [2.45, 2.75) is 26.4 Å². The van der Waals surface area contributed by atoms with Gasteiger partial charge in [0.2, 0.25) is 5.13 Å². The summed E-state index contributed by atoms with van der Waals surface area (Å²) in [5.74, 6) is 0.898. The molecule has 0 bridgehead atoms. The van der Waals surface area contributed by atoms with Crippen molar-refractivity contribution in [3.63, 3.8) is 0 Å². The Morgan fingerprint density at radius 3 is 2.56 bits per heavy atom. The molecule has 0 aliphatic carbocycles. The van der Waals surface area contributed by atoms with Gasteiger partial charge in [-0.1, -0.05) is 31.2 Å². The minimum absolute atomic E-state index is 0.100. The van der Waals surface area contributed by atoms with Crippen molar-refractivity contribution in [1.82, 2.24) is 9.36 Å². The highest BCUT2D eigenvalue weighted by atomic mass is 32.1. The molecule has 1 heterocycles. The van der Waals surface area contributed by atoms with E-state index in [1.54, 1.807) is 0 Å².